The lowest BCUT2D eigenvalue weighted by Gasteiger charge is -2.46. The van der Waals surface area contributed by atoms with Gasteiger partial charge >= 0.3 is 0 Å². The Bertz CT molecular complexity index is 394. The van der Waals surface area contributed by atoms with Crippen LogP contribution in [0.25, 0.3) is 0 Å². The van der Waals surface area contributed by atoms with Gasteiger partial charge in [-0.3, -0.25) is 16.0 Å². The molecule has 1 fully saturated rings. The SMILES string of the molecule is CCC(C)n1ccc(CC(NN)C2(OC)CCC2)n1. The fourth-order valence-corrected chi connectivity index (χ4v) is 2.74. The van der Waals surface area contributed by atoms with E-state index in [1.807, 2.05) is 4.68 Å². The van der Waals surface area contributed by atoms with Crippen molar-refractivity contribution >= 4 is 0 Å². The maximum absolute atomic E-state index is 5.72. The van der Waals surface area contributed by atoms with E-state index in [1.54, 1.807) is 7.11 Å². The second-order valence-corrected chi connectivity index (χ2v) is 5.59. The van der Waals surface area contributed by atoms with Crippen molar-refractivity contribution in [2.75, 3.05) is 7.11 Å². The van der Waals surface area contributed by atoms with Crippen molar-refractivity contribution in [1.82, 2.24) is 15.2 Å². The zero-order chi connectivity index (χ0) is 13.9. The minimum absolute atomic E-state index is 0.102. The molecule has 0 aromatic carbocycles. The van der Waals surface area contributed by atoms with Gasteiger partial charge in [0.15, 0.2) is 0 Å². The first-order valence-corrected chi connectivity index (χ1v) is 7.20. The molecule has 2 rings (SSSR count). The molecule has 0 spiro atoms. The van der Waals surface area contributed by atoms with Crippen molar-refractivity contribution < 1.29 is 4.74 Å². The van der Waals surface area contributed by atoms with Crippen molar-refractivity contribution in [1.29, 1.82) is 0 Å². The summed E-state index contributed by atoms with van der Waals surface area (Å²) in [6, 6.07) is 2.66. The van der Waals surface area contributed by atoms with E-state index in [1.165, 1.54) is 6.42 Å². The molecule has 2 atom stereocenters. The van der Waals surface area contributed by atoms with E-state index in [9.17, 15) is 0 Å². The van der Waals surface area contributed by atoms with Gasteiger partial charge in [0.05, 0.1) is 17.3 Å². The van der Waals surface area contributed by atoms with Gasteiger partial charge in [0, 0.05) is 25.8 Å². The molecular formula is C14H26N4O. The van der Waals surface area contributed by atoms with Crippen molar-refractivity contribution in [3.63, 3.8) is 0 Å². The molecule has 1 aromatic heterocycles. The van der Waals surface area contributed by atoms with Gasteiger partial charge in [0.25, 0.3) is 0 Å². The Hall–Kier alpha value is -0.910. The molecule has 0 saturated heterocycles. The smallest absolute Gasteiger partial charge is 0.0848 e. The van der Waals surface area contributed by atoms with Crippen LogP contribution in [0.1, 0.15) is 51.3 Å². The van der Waals surface area contributed by atoms with Gasteiger partial charge in [-0.2, -0.15) is 5.10 Å². The second-order valence-electron chi connectivity index (χ2n) is 5.59. The lowest BCUT2D eigenvalue weighted by molar-refractivity contribution is -0.0984. The Balaban J connectivity index is 2.04. The highest BCUT2D eigenvalue weighted by Gasteiger charge is 2.44. The van der Waals surface area contributed by atoms with Crippen LogP contribution in [0.5, 0.6) is 0 Å². The van der Waals surface area contributed by atoms with E-state index in [0.29, 0.717) is 6.04 Å². The summed E-state index contributed by atoms with van der Waals surface area (Å²) >= 11 is 0. The largest absolute Gasteiger partial charge is 0.377 e. The van der Waals surface area contributed by atoms with E-state index in [4.69, 9.17) is 10.6 Å². The van der Waals surface area contributed by atoms with Crippen LogP contribution >= 0.6 is 0 Å². The number of hydrazine groups is 1. The summed E-state index contributed by atoms with van der Waals surface area (Å²) in [7, 11) is 1.78. The van der Waals surface area contributed by atoms with Crippen molar-refractivity contribution in [3.8, 4) is 0 Å². The highest BCUT2D eigenvalue weighted by atomic mass is 16.5. The molecular weight excluding hydrogens is 240 g/mol. The third kappa shape index (κ3) is 2.83. The number of ether oxygens (including phenoxy) is 1. The fourth-order valence-electron chi connectivity index (χ4n) is 2.74. The maximum Gasteiger partial charge on any atom is 0.0848 e. The zero-order valence-electron chi connectivity index (χ0n) is 12.2. The summed E-state index contributed by atoms with van der Waals surface area (Å²) < 4.78 is 7.73. The quantitative estimate of drug-likeness (QED) is 0.583. The van der Waals surface area contributed by atoms with Crippen LogP contribution < -0.4 is 11.3 Å². The lowest BCUT2D eigenvalue weighted by atomic mass is 9.73. The van der Waals surface area contributed by atoms with Crippen LogP contribution in [-0.4, -0.2) is 28.5 Å². The molecule has 0 bridgehead atoms. The first-order valence-electron chi connectivity index (χ1n) is 7.20. The number of rotatable bonds is 7. The number of nitrogens with two attached hydrogens (primary N) is 1. The van der Waals surface area contributed by atoms with Crippen molar-refractivity contribution in [2.24, 2.45) is 5.84 Å². The molecule has 108 valence electrons. The predicted octanol–water partition coefficient (Wildman–Crippen LogP) is 1.80. The Kier molecular flexibility index (Phi) is 4.60. The van der Waals surface area contributed by atoms with E-state index in [0.717, 1.165) is 31.4 Å². The van der Waals surface area contributed by atoms with Crippen molar-refractivity contribution in [3.05, 3.63) is 18.0 Å². The van der Waals surface area contributed by atoms with Gasteiger partial charge < -0.3 is 4.74 Å². The molecule has 5 heteroatoms. The van der Waals surface area contributed by atoms with Crippen LogP contribution in [0.3, 0.4) is 0 Å². The summed E-state index contributed by atoms with van der Waals surface area (Å²) in [5.74, 6) is 5.72. The van der Waals surface area contributed by atoms with Crippen LogP contribution in [-0.2, 0) is 11.2 Å². The maximum atomic E-state index is 5.72. The zero-order valence-corrected chi connectivity index (χ0v) is 12.2. The summed E-state index contributed by atoms with van der Waals surface area (Å²) in [5, 5.41) is 4.64. The summed E-state index contributed by atoms with van der Waals surface area (Å²) in [6.45, 7) is 4.35. The molecule has 3 N–H and O–H groups in total. The number of nitrogens with one attached hydrogen (secondary N) is 1. The Labute approximate surface area is 115 Å². The molecule has 1 aromatic rings. The molecule has 0 radical (unpaired) electrons. The minimum atomic E-state index is -0.102. The highest BCUT2D eigenvalue weighted by molar-refractivity contribution is 5.08. The number of hydrogen-bond donors (Lipinski definition) is 2. The number of hydrogen-bond acceptors (Lipinski definition) is 4. The molecule has 1 aliphatic carbocycles. The highest BCUT2D eigenvalue weighted by Crippen LogP contribution is 2.38. The third-order valence-electron chi connectivity index (χ3n) is 4.56. The van der Waals surface area contributed by atoms with E-state index < -0.39 is 0 Å². The number of aromatic nitrogens is 2. The standard InChI is InChI=1S/C14H26N4O/c1-4-11(2)18-9-6-12(17-18)10-13(16-15)14(19-3)7-5-8-14/h6,9,11,13,16H,4-5,7-8,10,15H2,1-3H3. The fraction of sp³-hybridized carbons (Fsp3) is 0.786. The van der Waals surface area contributed by atoms with Gasteiger partial charge in [-0.05, 0) is 38.7 Å². The first-order chi connectivity index (χ1) is 9.15. The van der Waals surface area contributed by atoms with Gasteiger partial charge in [0.2, 0.25) is 0 Å². The molecule has 1 saturated carbocycles. The van der Waals surface area contributed by atoms with Gasteiger partial charge in [-0.25, -0.2) is 0 Å². The average Bonchev–Trinajstić information content (AvgIpc) is 2.84. The van der Waals surface area contributed by atoms with E-state index >= 15 is 0 Å². The first kappa shape index (κ1) is 14.5. The van der Waals surface area contributed by atoms with E-state index in [2.05, 4.69) is 36.6 Å². The Morgan fingerprint density at radius 1 is 1.58 bits per heavy atom. The topological polar surface area (TPSA) is 65.1 Å². The van der Waals surface area contributed by atoms with Crippen LogP contribution in [0.2, 0.25) is 0 Å². The molecule has 1 aliphatic rings. The predicted molar refractivity (Wildman–Crippen MR) is 75.6 cm³/mol. The minimum Gasteiger partial charge on any atom is -0.377 e. The van der Waals surface area contributed by atoms with Gasteiger partial charge in [-0.15, -0.1) is 0 Å². The molecule has 0 aliphatic heterocycles. The van der Waals surface area contributed by atoms with Crippen LogP contribution in [0.4, 0.5) is 0 Å². The molecule has 5 nitrogen and oxygen atoms in total. The van der Waals surface area contributed by atoms with E-state index in [-0.39, 0.29) is 11.6 Å². The number of nitrogens with zero attached hydrogens (tertiary/aromatic N) is 2. The molecule has 2 unspecified atom stereocenters. The molecule has 0 amide bonds. The lowest BCUT2D eigenvalue weighted by Crippen LogP contribution is -2.59. The second kappa shape index (κ2) is 6.03. The van der Waals surface area contributed by atoms with Crippen molar-refractivity contribution in [2.45, 2.75) is 63.6 Å². The van der Waals surface area contributed by atoms with Gasteiger partial charge in [0.1, 0.15) is 0 Å². The third-order valence-corrected chi connectivity index (χ3v) is 4.56. The Morgan fingerprint density at radius 3 is 2.79 bits per heavy atom. The molecule has 19 heavy (non-hydrogen) atoms. The number of methoxy groups -OCH3 is 1. The summed E-state index contributed by atoms with van der Waals surface area (Å²) in [6.07, 6.45) is 7.31. The van der Waals surface area contributed by atoms with Crippen LogP contribution in [0, 0.1) is 0 Å². The average molecular weight is 266 g/mol. The normalized spacial score (nSPS) is 20.8. The van der Waals surface area contributed by atoms with Crippen LogP contribution in [0.15, 0.2) is 12.3 Å². The summed E-state index contributed by atoms with van der Waals surface area (Å²) in [5.41, 5.74) is 3.90. The molecule has 1 heterocycles. The summed E-state index contributed by atoms with van der Waals surface area (Å²) in [4.78, 5) is 0. The van der Waals surface area contributed by atoms with Gasteiger partial charge in [-0.1, -0.05) is 6.92 Å². The Morgan fingerprint density at radius 2 is 2.32 bits per heavy atom. The monoisotopic (exact) mass is 266 g/mol.